The molecule has 1 saturated carbocycles. The van der Waals surface area contributed by atoms with E-state index in [1.54, 1.807) is 19.1 Å². The van der Waals surface area contributed by atoms with Crippen LogP contribution in [-0.2, 0) is 12.4 Å². The molecule has 1 atom stereocenters. The molecule has 2 aromatic heterocycles. The summed E-state index contributed by atoms with van der Waals surface area (Å²) in [6, 6.07) is 3.32. The Morgan fingerprint density at radius 1 is 1.00 bits per heavy atom. The Morgan fingerprint density at radius 2 is 1.60 bits per heavy atom. The first-order chi connectivity index (χ1) is 16.4. The Kier molecular flexibility index (Phi) is 6.48. The van der Waals surface area contributed by atoms with Gasteiger partial charge >= 0.3 is 12.4 Å². The van der Waals surface area contributed by atoms with E-state index >= 15 is 0 Å². The van der Waals surface area contributed by atoms with Crippen LogP contribution < -0.4 is 0 Å². The molecule has 0 bridgehead atoms. The second kappa shape index (κ2) is 9.23. The first-order valence-corrected chi connectivity index (χ1v) is 10.6. The quantitative estimate of drug-likeness (QED) is 0.418. The van der Waals surface area contributed by atoms with Gasteiger partial charge in [0.2, 0.25) is 0 Å². The second-order valence-corrected chi connectivity index (χ2v) is 8.28. The highest BCUT2D eigenvalue weighted by molar-refractivity contribution is 5.95. The lowest BCUT2D eigenvalue weighted by atomic mass is 10.0. The van der Waals surface area contributed by atoms with Crippen molar-refractivity contribution in [3.63, 3.8) is 0 Å². The Balaban J connectivity index is 1.77. The molecule has 0 spiro atoms. The fourth-order valence-corrected chi connectivity index (χ4v) is 3.68. The first kappa shape index (κ1) is 24.6. The van der Waals surface area contributed by atoms with E-state index in [2.05, 4.69) is 20.2 Å². The normalized spacial score (nSPS) is 15.1. The van der Waals surface area contributed by atoms with E-state index in [1.165, 1.54) is 23.5 Å². The lowest BCUT2D eigenvalue weighted by Gasteiger charge is -2.31. The van der Waals surface area contributed by atoms with Gasteiger partial charge in [0.25, 0.3) is 5.91 Å². The van der Waals surface area contributed by atoms with Crippen LogP contribution in [0.3, 0.4) is 0 Å². The van der Waals surface area contributed by atoms with Crippen LogP contribution in [-0.4, -0.2) is 37.5 Å². The number of rotatable bonds is 6. The number of amides is 1. The largest absolute Gasteiger partial charge is 0.416 e. The molecule has 12 heteroatoms. The molecule has 1 aromatic carbocycles. The fourth-order valence-electron chi connectivity index (χ4n) is 3.68. The van der Waals surface area contributed by atoms with Crippen molar-refractivity contribution in [2.45, 2.75) is 38.2 Å². The lowest BCUT2D eigenvalue weighted by Crippen LogP contribution is -2.36. The minimum absolute atomic E-state index is 0.00305. The second-order valence-electron chi connectivity index (χ2n) is 8.28. The number of aromatic nitrogens is 4. The molecule has 35 heavy (non-hydrogen) atoms. The van der Waals surface area contributed by atoms with E-state index in [9.17, 15) is 31.1 Å². The van der Waals surface area contributed by atoms with Crippen molar-refractivity contribution < 1.29 is 31.1 Å². The van der Waals surface area contributed by atoms with Crippen molar-refractivity contribution in [3.8, 4) is 11.5 Å². The smallest absolute Gasteiger partial charge is 0.332 e. The van der Waals surface area contributed by atoms with Gasteiger partial charge in [-0.2, -0.15) is 31.4 Å². The summed E-state index contributed by atoms with van der Waals surface area (Å²) in [6.45, 7) is 1.79. The van der Waals surface area contributed by atoms with Crippen LogP contribution in [0.1, 0.15) is 52.9 Å². The lowest BCUT2D eigenvalue weighted by molar-refractivity contribution is -0.143. The maximum atomic E-state index is 13.5. The minimum atomic E-state index is -5.06. The molecule has 184 valence electrons. The highest BCUT2D eigenvalue weighted by Gasteiger charge is 2.39. The van der Waals surface area contributed by atoms with Gasteiger partial charge < -0.3 is 4.90 Å². The minimum Gasteiger partial charge on any atom is -0.332 e. The van der Waals surface area contributed by atoms with Gasteiger partial charge in [0.05, 0.1) is 17.2 Å². The maximum Gasteiger partial charge on any atom is 0.416 e. The molecule has 1 aliphatic carbocycles. The SMILES string of the molecule is CC(c1ccnnc1-c1ncccn1)N(CC1CC1)C(=O)c1cc(C(F)(F)F)cc(C(F)(F)F)c1. The molecule has 0 radical (unpaired) electrons. The highest BCUT2D eigenvalue weighted by Crippen LogP contribution is 2.39. The Hall–Kier alpha value is -3.57. The van der Waals surface area contributed by atoms with E-state index in [4.69, 9.17) is 0 Å². The van der Waals surface area contributed by atoms with Crippen molar-refractivity contribution in [2.75, 3.05) is 6.54 Å². The van der Waals surface area contributed by atoms with Crippen LogP contribution in [0.4, 0.5) is 26.3 Å². The van der Waals surface area contributed by atoms with Gasteiger partial charge in [-0.05, 0) is 56.0 Å². The summed E-state index contributed by atoms with van der Waals surface area (Å²) in [7, 11) is 0. The summed E-state index contributed by atoms with van der Waals surface area (Å²) in [5.74, 6) is -0.627. The number of hydrogen-bond acceptors (Lipinski definition) is 5. The summed E-state index contributed by atoms with van der Waals surface area (Å²) in [5.41, 5.74) is -3.06. The molecule has 1 fully saturated rings. The van der Waals surface area contributed by atoms with Crippen LogP contribution >= 0.6 is 0 Å². The van der Waals surface area contributed by atoms with E-state index < -0.39 is 41.0 Å². The average molecular weight is 495 g/mol. The van der Waals surface area contributed by atoms with E-state index in [0.717, 1.165) is 12.8 Å². The molecule has 1 aliphatic rings. The van der Waals surface area contributed by atoms with Gasteiger partial charge in [-0.3, -0.25) is 4.79 Å². The zero-order valence-electron chi connectivity index (χ0n) is 18.3. The Morgan fingerprint density at radius 3 is 2.14 bits per heavy atom. The topological polar surface area (TPSA) is 71.9 Å². The summed E-state index contributed by atoms with van der Waals surface area (Å²) in [5, 5.41) is 7.90. The summed E-state index contributed by atoms with van der Waals surface area (Å²) in [6.07, 6.45) is -4.16. The van der Waals surface area contributed by atoms with Crippen LogP contribution in [0.2, 0.25) is 0 Å². The molecular weight excluding hydrogens is 476 g/mol. The molecule has 4 rings (SSSR count). The maximum absolute atomic E-state index is 13.5. The standard InChI is InChI=1S/C23H19F6N5O/c1-13(18-5-8-32-33-19(18)20-30-6-2-7-31-20)34(12-14-3-4-14)21(35)15-9-16(22(24,25)26)11-17(10-15)23(27,28)29/h2,5-11,13-14H,3-4,12H2,1H3. The van der Waals surface area contributed by atoms with Crippen LogP contribution in [0.5, 0.6) is 0 Å². The summed E-state index contributed by atoms with van der Waals surface area (Å²) in [4.78, 5) is 23.0. The predicted molar refractivity (Wildman–Crippen MR) is 112 cm³/mol. The van der Waals surface area contributed by atoms with Gasteiger partial charge in [-0.1, -0.05) is 0 Å². The monoisotopic (exact) mass is 495 g/mol. The molecule has 6 nitrogen and oxygen atoms in total. The molecule has 1 unspecified atom stereocenters. The van der Waals surface area contributed by atoms with Crippen molar-refractivity contribution >= 4 is 5.91 Å². The van der Waals surface area contributed by atoms with Crippen LogP contribution in [0, 0.1) is 5.92 Å². The number of carbonyl (C=O) groups is 1. The van der Waals surface area contributed by atoms with Crippen molar-refractivity contribution in [1.29, 1.82) is 0 Å². The van der Waals surface area contributed by atoms with Gasteiger partial charge in [-0.25, -0.2) is 9.97 Å². The van der Waals surface area contributed by atoms with Crippen molar-refractivity contribution in [1.82, 2.24) is 25.1 Å². The van der Waals surface area contributed by atoms with Gasteiger partial charge in [-0.15, -0.1) is 5.10 Å². The fraction of sp³-hybridized carbons (Fsp3) is 0.348. The van der Waals surface area contributed by atoms with Gasteiger partial charge in [0, 0.05) is 36.3 Å². The predicted octanol–water partition coefficient (Wildman–Crippen LogP) is 5.58. The van der Waals surface area contributed by atoms with Crippen molar-refractivity contribution in [3.05, 3.63) is 71.2 Å². The van der Waals surface area contributed by atoms with E-state index in [-0.39, 0.29) is 30.0 Å². The summed E-state index contributed by atoms with van der Waals surface area (Å²) >= 11 is 0. The highest BCUT2D eigenvalue weighted by atomic mass is 19.4. The van der Waals surface area contributed by atoms with Gasteiger partial charge in [0.1, 0.15) is 5.69 Å². The average Bonchev–Trinajstić information content (AvgIpc) is 3.65. The number of alkyl halides is 6. The van der Waals surface area contributed by atoms with E-state index in [0.29, 0.717) is 17.7 Å². The summed E-state index contributed by atoms with van der Waals surface area (Å²) < 4.78 is 80.2. The molecule has 0 aliphatic heterocycles. The molecule has 0 saturated heterocycles. The number of carbonyl (C=O) groups excluding carboxylic acids is 1. The van der Waals surface area contributed by atoms with E-state index in [1.807, 2.05) is 0 Å². The van der Waals surface area contributed by atoms with Crippen LogP contribution in [0.25, 0.3) is 11.5 Å². The molecule has 3 aromatic rings. The number of halogens is 6. The zero-order valence-corrected chi connectivity index (χ0v) is 18.3. The number of benzene rings is 1. The third-order valence-corrected chi connectivity index (χ3v) is 5.69. The Labute approximate surface area is 196 Å². The molecule has 0 N–H and O–H groups in total. The molecule has 1 amide bonds. The first-order valence-electron chi connectivity index (χ1n) is 10.6. The zero-order chi connectivity index (χ0) is 25.4. The van der Waals surface area contributed by atoms with Crippen molar-refractivity contribution in [2.24, 2.45) is 5.92 Å². The third kappa shape index (κ3) is 5.57. The number of hydrogen-bond donors (Lipinski definition) is 0. The number of nitrogens with zero attached hydrogens (tertiary/aromatic N) is 5. The Bertz CT molecular complexity index is 1180. The third-order valence-electron chi connectivity index (χ3n) is 5.69. The molecule has 2 heterocycles. The van der Waals surface area contributed by atoms with Gasteiger partial charge in [0.15, 0.2) is 5.82 Å². The molecular formula is C23H19F6N5O. The van der Waals surface area contributed by atoms with Crippen LogP contribution in [0.15, 0.2) is 48.9 Å².